The lowest BCUT2D eigenvalue weighted by molar-refractivity contribution is -0.131. The van der Waals surface area contributed by atoms with Crippen molar-refractivity contribution in [1.82, 2.24) is 15.2 Å². The molecule has 108 valence electrons. The summed E-state index contributed by atoms with van der Waals surface area (Å²) in [6.07, 6.45) is 3.72. The van der Waals surface area contributed by atoms with Crippen LogP contribution in [0.1, 0.15) is 36.2 Å². The summed E-state index contributed by atoms with van der Waals surface area (Å²) >= 11 is 3.22. The maximum atomic E-state index is 11.9. The number of hydrogen-bond donors (Lipinski definition) is 1. The van der Waals surface area contributed by atoms with E-state index in [1.807, 2.05) is 4.90 Å². The first-order chi connectivity index (χ1) is 9.66. The lowest BCUT2D eigenvalue weighted by atomic mass is 10.1. The summed E-state index contributed by atoms with van der Waals surface area (Å²) in [6.45, 7) is 2.04. The van der Waals surface area contributed by atoms with Gasteiger partial charge in [0.05, 0.1) is 0 Å². The average molecular weight is 340 g/mol. The molecule has 0 aliphatic carbocycles. The molecule has 5 nitrogen and oxygen atoms in total. The highest BCUT2D eigenvalue weighted by Gasteiger charge is 2.16. The lowest BCUT2D eigenvalue weighted by Crippen LogP contribution is -2.37. The van der Waals surface area contributed by atoms with E-state index >= 15 is 0 Å². The highest BCUT2D eigenvalue weighted by atomic mass is 79.9. The predicted molar refractivity (Wildman–Crippen MR) is 79.3 cm³/mol. The lowest BCUT2D eigenvalue weighted by Gasteiger charge is -2.26. The third-order valence-electron chi connectivity index (χ3n) is 3.28. The Kier molecular flexibility index (Phi) is 5.52. The van der Waals surface area contributed by atoms with Gasteiger partial charge in [-0.15, -0.1) is 0 Å². The highest BCUT2D eigenvalue weighted by Crippen LogP contribution is 2.09. The molecule has 20 heavy (non-hydrogen) atoms. The van der Waals surface area contributed by atoms with Crippen LogP contribution in [0.25, 0.3) is 0 Å². The topological polar surface area (TPSA) is 62.3 Å². The van der Waals surface area contributed by atoms with E-state index in [-0.39, 0.29) is 11.8 Å². The van der Waals surface area contributed by atoms with Crippen molar-refractivity contribution in [3.8, 4) is 0 Å². The molecule has 0 unspecified atom stereocenters. The molecular weight excluding hydrogens is 322 g/mol. The van der Waals surface area contributed by atoms with Crippen LogP contribution >= 0.6 is 15.9 Å². The molecule has 1 fully saturated rings. The Balaban J connectivity index is 1.75. The maximum Gasteiger partial charge on any atom is 0.269 e. The van der Waals surface area contributed by atoms with Crippen molar-refractivity contribution in [2.45, 2.75) is 25.7 Å². The predicted octanol–water partition coefficient (Wildman–Crippen LogP) is 1.98. The number of likely N-dealkylation sites (tertiary alicyclic amines) is 1. The van der Waals surface area contributed by atoms with E-state index in [1.165, 1.54) is 6.42 Å². The standard InChI is InChI=1S/C14H18BrN3O2/c15-12-6-4-5-11(17-12)14(20)16-8-7-13(19)18-9-2-1-3-10-18/h4-6H,1-3,7-10H2,(H,16,20). The largest absolute Gasteiger partial charge is 0.350 e. The highest BCUT2D eigenvalue weighted by molar-refractivity contribution is 9.10. The van der Waals surface area contributed by atoms with Gasteiger partial charge in [0, 0.05) is 26.1 Å². The molecule has 1 N–H and O–H groups in total. The summed E-state index contributed by atoms with van der Waals surface area (Å²) in [4.78, 5) is 29.7. The molecule has 0 radical (unpaired) electrons. The Morgan fingerprint density at radius 2 is 2.00 bits per heavy atom. The smallest absolute Gasteiger partial charge is 0.269 e. The van der Waals surface area contributed by atoms with Gasteiger partial charge in [0.25, 0.3) is 5.91 Å². The summed E-state index contributed by atoms with van der Waals surface area (Å²) in [5, 5.41) is 2.73. The number of rotatable bonds is 4. The normalized spacial score (nSPS) is 14.9. The molecule has 0 aromatic carbocycles. The van der Waals surface area contributed by atoms with Gasteiger partial charge in [0.1, 0.15) is 10.3 Å². The molecule has 0 bridgehead atoms. The van der Waals surface area contributed by atoms with Crippen molar-refractivity contribution >= 4 is 27.7 Å². The Labute approximate surface area is 126 Å². The molecule has 2 amide bonds. The Bertz CT molecular complexity index is 487. The van der Waals surface area contributed by atoms with Crippen LogP contribution in [0, 0.1) is 0 Å². The van der Waals surface area contributed by atoms with Gasteiger partial charge in [-0.25, -0.2) is 4.98 Å². The molecule has 1 aliphatic heterocycles. The monoisotopic (exact) mass is 339 g/mol. The number of nitrogens with one attached hydrogen (secondary N) is 1. The number of piperidine rings is 1. The molecule has 2 rings (SSSR count). The second kappa shape index (κ2) is 7.38. The zero-order chi connectivity index (χ0) is 14.4. The minimum Gasteiger partial charge on any atom is -0.350 e. The van der Waals surface area contributed by atoms with Gasteiger partial charge in [-0.2, -0.15) is 0 Å². The van der Waals surface area contributed by atoms with Crippen LogP contribution in [0.5, 0.6) is 0 Å². The van der Waals surface area contributed by atoms with Crippen LogP contribution in [-0.4, -0.2) is 41.3 Å². The molecule has 6 heteroatoms. The van der Waals surface area contributed by atoms with Crippen molar-refractivity contribution in [2.75, 3.05) is 19.6 Å². The molecule has 2 heterocycles. The van der Waals surface area contributed by atoms with Crippen LogP contribution in [0.3, 0.4) is 0 Å². The first kappa shape index (κ1) is 15.0. The number of pyridine rings is 1. The van der Waals surface area contributed by atoms with Crippen molar-refractivity contribution < 1.29 is 9.59 Å². The number of carbonyl (C=O) groups excluding carboxylic acids is 2. The molecule has 0 spiro atoms. The van der Waals surface area contributed by atoms with Crippen LogP contribution < -0.4 is 5.32 Å². The summed E-state index contributed by atoms with van der Waals surface area (Å²) in [6, 6.07) is 5.16. The third kappa shape index (κ3) is 4.30. The van der Waals surface area contributed by atoms with Crippen LogP contribution in [0.2, 0.25) is 0 Å². The maximum absolute atomic E-state index is 11.9. The van der Waals surface area contributed by atoms with Crippen LogP contribution in [-0.2, 0) is 4.79 Å². The number of halogens is 1. The molecule has 1 aromatic heterocycles. The minimum atomic E-state index is -0.252. The number of carbonyl (C=O) groups is 2. The molecular formula is C14H18BrN3O2. The molecule has 1 aliphatic rings. The third-order valence-corrected chi connectivity index (χ3v) is 3.72. The quantitative estimate of drug-likeness (QED) is 0.853. The summed E-state index contributed by atoms with van der Waals surface area (Å²) < 4.78 is 0.620. The van der Waals surface area contributed by atoms with E-state index in [2.05, 4.69) is 26.2 Å². The molecule has 1 aromatic rings. The first-order valence-corrected chi connectivity index (χ1v) is 7.64. The minimum absolute atomic E-state index is 0.118. The zero-order valence-electron chi connectivity index (χ0n) is 11.3. The average Bonchev–Trinajstić information content (AvgIpc) is 2.48. The van der Waals surface area contributed by atoms with Gasteiger partial charge in [-0.05, 0) is 47.3 Å². The number of hydrogen-bond acceptors (Lipinski definition) is 3. The summed E-state index contributed by atoms with van der Waals surface area (Å²) in [5.74, 6) is -0.134. The fourth-order valence-electron chi connectivity index (χ4n) is 2.21. The summed E-state index contributed by atoms with van der Waals surface area (Å²) in [5.41, 5.74) is 0.352. The Morgan fingerprint density at radius 1 is 1.25 bits per heavy atom. The van der Waals surface area contributed by atoms with Gasteiger partial charge in [-0.3, -0.25) is 9.59 Å². The van der Waals surface area contributed by atoms with Gasteiger partial charge in [-0.1, -0.05) is 6.07 Å². The van der Waals surface area contributed by atoms with Crippen molar-refractivity contribution in [1.29, 1.82) is 0 Å². The SMILES string of the molecule is O=C(NCCC(=O)N1CCCCC1)c1cccc(Br)n1. The van der Waals surface area contributed by atoms with Crippen molar-refractivity contribution in [2.24, 2.45) is 0 Å². The zero-order valence-corrected chi connectivity index (χ0v) is 12.9. The Morgan fingerprint density at radius 3 is 2.70 bits per heavy atom. The first-order valence-electron chi connectivity index (χ1n) is 6.85. The number of aromatic nitrogens is 1. The van der Waals surface area contributed by atoms with Crippen molar-refractivity contribution in [3.05, 3.63) is 28.5 Å². The van der Waals surface area contributed by atoms with Gasteiger partial charge in [0.2, 0.25) is 5.91 Å². The van der Waals surface area contributed by atoms with Gasteiger partial charge < -0.3 is 10.2 Å². The fourth-order valence-corrected chi connectivity index (χ4v) is 2.55. The molecule has 0 atom stereocenters. The summed E-state index contributed by atoms with van der Waals surface area (Å²) in [7, 11) is 0. The Hall–Kier alpha value is -1.43. The molecule has 0 saturated carbocycles. The van der Waals surface area contributed by atoms with E-state index in [0.717, 1.165) is 25.9 Å². The van der Waals surface area contributed by atoms with E-state index in [4.69, 9.17) is 0 Å². The van der Waals surface area contributed by atoms with E-state index < -0.39 is 0 Å². The van der Waals surface area contributed by atoms with Crippen LogP contribution in [0.15, 0.2) is 22.8 Å². The number of nitrogens with zero attached hydrogens (tertiary/aromatic N) is 2. The fraction of sp³-hybridized carbons (Fsp3) is 0.500. The second-order valence-corrected chi connectivity index (χ2v) is 5.61. The second-order valence-electron chi connectivity index (χ2n) is 4.79. The van der Waals surface area contributed by atoms with Gasteiger partial charge in [0.15, 0.2) is 0 Å². The molecule has 1 saturated heterocycles. The van der Waals surface area contributed by atoms with E-state index in [1.54, 1.807) is 18.2 Å². The van der Waals surface area contributed by atoms with Gasteiger partial charge >= 0.3 is 0 Å². The van der Waals surface area contributed by atoms with Crippen molar-refractivity contribution in [3.63, 3.8) is 0 Å². The van der Waals surface area contributed by atoms with Crippen LogP contribution in [0.4, 0.5) is 0 Å². The van der Waals surface area contributed by atoms with E-state index in [9.17, 15) is 9.59 Å². The number of amides is 2. The van der Waals surface area contributed by atoms with E-state index in [0.29, 0.717) is 23.3 Å².